The molecular formula is C9H11NO2. The highest BCUT2D eigenvalue weighted by Crippen LogP contribution is 2.20. The molecule has 1 heterocycles. The second kappa shape index (κ2) is 2.73. The molecule has 1 fully saturated rings. The molecule has 64 valence electrons. The maximum atomic E-state index is 11.2. The summed E-state index contributed by atoms with van der Waals surface area (Å²) in [6.07, 6.45) is 6.09. The van der Waals surface area contributed by atoms with Crippen LogP contribution in [0.5, 0.6) is 0 Å². The van der Waals surface area contributed by atoms with Gasteiger partial charge in [-0.3, -0.25) is 9.59 Å². The molecule has 0 saturated carbocycles. The molecule has 2 aliphatic rings. The first kappa shape index (κ1) is 7.53. The lowest BCUT2D eigenvalue weighted by molar-refractivity contribution is -0.129. The average molecular weight is 165 g/mol. The quantitative estimate of drug-likeness (QED) is 0.419. The third-order valence-corrected chi connectivity index (χ3v) is 2.44. The Balaban J connectivity index is 2.04. The molecule has 3 heteroatoms. The van der Waals surface area contributed by atoms with Crippen LogP contribution in [-0.4, -0.2) is 29.2 Å². The number of amides is 1. The van der Waals surface area contributed by atoms with Crippen molar-refractivity contribution in [3.05, 3.63) is 12.2 Å². The smallest absolute Gasteiger partial charge is 0.230 e. The van der Waals surface area contributed by atoms with Crippen LogP contribution in [0.1, 0.15) is 19.3 Å². The molecule has 0 spiro atoms. The number of ketones is 1. The second-order valence-corrected chi connectivity index (χ2v) is 3.33. The number of carbonyl (C=O) groups excluding carboxylic acids is 2. The van der Waals surface area contributed by atoms with Crippen molar-refractivity contribution in [3.8, 4) is 0 Å². The Morgan fingerprint density at radius 1 is 1.25 bits per heavy atom. The Morgan fingerprint density at radius 3 is 2.42 bits per heavy atom. The maximum Gasteiger partial charge on any atom is 0.230 e. The van der Waals surface area contributed by atoms with Crippen LogP contribution in [0.4, 0.5) is 0 Å². The Morgan fingerprint density at radius 2 is 1.92 bits per heavy atom. The van der Waals surface area contributed by atoms with Gasteiger partial charge in [-0.05, 0) is 12.8 Å². The molecule has 0 aromatic heterocycles. The zero-order valence-corrected chi connectivity index (χ0v) is 6.82. The fourth-order valence-corrected chi connectivity index (χ4v) is 1.79. The highest BCUT2D eigenvalue weighted by molar-refractivity contribution is 6.05. The number of Topliss-reactive ketones (excluding diaryl/α,β-unsaturated/α-hetero) is 1. The van der Waals surface area contributed by atoms with Gasteiger partial charge >= 0.3 is 0 Å². The highest BCUT2D eigenvalue weighted by Gasteiger charge is 2.32. The second-order valence-electron chi connectivity index (χ2n) is 3.33. The molecule has 0 aromatic carbocycles. The molecule has 3 nitrogen and oxygen atoms in total. The first-order valence-corrected chi connectivity index (χ1v) is 4.23. The first-order valence-electron chi connectivity index (χ1n) is 4.23. The van der Waals surface area contributed by atoms with E-state index in [2.05, 4.69) is 12.2 Å². The molecule has 1 aliphatic carbocycles. The monoisotopic (exact) mass is 165 g/mol. The van der Waals surface area contributed by atoms with Crippen molar-refractivity contribution in [2.45, 2.75) is 25.3 Å². The highest BCUT2D eigenvalue weighted by atomic mass is 16.2. The lowest BCUT2D eigenvalue weighted by Crippen LogP contribution is -2.34. The molecule has 1 saturated heterocycles. The summed E-state index contributed by atoms with van der Waals surface area (Å²) in [5.41, 5.74) is 0. The number of nitrogens with zero attached hydrogens (tertiary/aromatic N) is 1. The summed E-state index contributed by atoms with van der Waals surface area (Å²) in [5, 5.41) is 0. The maximum absolute atomic E-state index is 11.2. The van der Waals surface area contributed by atoms with E-state index in [1.165, 1.54) is 0 Å². The van der Waals surface area contributed by atoms with Gasteiger partial charge in [0.2, 0.25) is 5.91 Å². The third kappa shape index (κ3) is 1.15. The predicted octanol–water partition coefficient (Wildman–Crippen LogP) is 0.506. The number of likely N-dealkylation sites (tertiary alicyclic amines) is 1. The Labute approximate surface area is 71.0 Å². The average Bonchev–Trinajstić information content (AvgIpc) is 2.58. The van der Waals surface area contributed by atoms with E-state index in [0.717, 1.165) is 12.8 Å². The molecule has 0 unspecified atom stereocenters. The van der Waals surface area contributed by atoms with Crippen LogP contribution in [0.25, 0.3) is 0 Å². The van der Waals surface area contributed by atoms with E-state index in [1.54, 1.807) is 4.90 Å². The standard InChI is InChI=1S/C9H11NO2/c11-8-5-9(12)10(6-8)7-3-1-2-4-7/h1-2,7H,3-6H2. The molecular weight excluding hydrogens is 154 g/mol. The fourth-order valence-electron chi connectivity index (χ4n) is 1.79. The van der Waals surface area contributed by atoms with Gasteiger partial charge in [0, 0.05) is 6.04 Å². The summed E-state index contributed by atoms with van der Waals surface area (Å²) in [5.74, 6) is 0.0700. The minimum Gasteiger partial charge on any atom is -0.331 e. The van der Waals surface area contributed by atoms with Gasteiger partial charge in [0.15, 0.2) is 5.78 Å². The Bertz CT molecular complexity index is 249. The summed E-state index contributed by atoms with van der Waals surface area (Å²) in [6, 6.07) is 0.268. The SMILES string of the molecule is O=C1CC(=O)N(C2CC=CC2)C1. The zero-order chi connectivity index (χ0) is 8.55. The van der Waals surface area contributed by atoms with Crippen molar-refractivity contribution in [3.63, 3.8) is 0 Å². The minimum absolute atomic E-state index is 0.00806. The van der Waals surface area contributed by atoms with Crippen LogP contribution in [0.3, 0.4) is 0 Å². The van der Waals surface area contributed by atoms with Gasteiger partial charge in [0.05, 0.1) is 13.0 Å². The topological polar surface area (TPSA) is 37.4 Å². The molecule has 0 N–H and O–H groups in total. The van der Waals surface area contributed by atoms with Crippen molar-refractivity contribution in [1.29, 1.82) is 0 Å². The summed E-state index contributed by atoms with van der Waals surface area (Å²) in [7, 11) is 0. The minimum atomic E-state index is 0.00806. The molecule has 1 amide bonds. The van der Waals surface area contributed by atoms with E-state index in [1.807, 2.05) is 0 Å². The van der Waals surface area contributed by atoms with E-state index in [9.17, 15) is 9.59 Å². The molecule has 1 aliphatic heterocycles. The first-order chi connectivity index (χ1) is 5.77. The third-order valence-electron chi connectivity index (χ3n) is 2.44. The van der Waals surface area contributed by atoms with Crippen LogP contribution in [-0.2, 0) is 9.59 Å². The van der Waals surface area contributed by atoms with Crippen molar-refractivity contribution in [1.82, 2.24) is 4.90 Å². The fraction of sp³-hybridized carbons (Fsp3) is 0.556. The summed E-state index contributed by atoms with van der Waals surface area (Å²) < 4.78 is 0. The van der Waals surface area contributed by atoms with E-state index < -0.39 is 0 Å². The zero-order valence-electron chi connectivity index (χ0n) is 6.82. The van der Waals surface area contributed by atoms with Crippen LogP contribution < -0.4 is 0 Å². The molecule has 0 radical (unpaired) electrons. The van der Waals surface area contributed by atoms with Gasteiger partial charge in [-0.2, -0.15) is 0 Å². The molecule has 0 atom stereocenters. The largest absolute Gasteiger partial charge is 0.331 e. The van der Waals surface area contributed by atoms with Gasteiger partial charge in [-0.25, -0.2) is 0 Å². The van der Waals surface area contributed by atoms with Crippen LogP contribution in [0.15, 0.2) is 12.2 Å². The van der Waals surface area contributed by atoms with E-state index in [4.69, 9.17) is 0 Å². The van der Waals surface area contributed by atoms with E-state index >= 15 is 0 Å². The molecule has 12 heavy (non-hydrogen) atoms. The van der Waals surface area contributed by atoms with Crippen molar-refractivity contribution in [2.75, 3.05) is 6.54 Å². The number of rotatable bonds is 1. The van der Waals surface area contributed by atoms with Crippen LogP contribution in [0.2, 0.25) is 0 Å². The van der Waals surface area contributed by atoms with Crippen LogP contribution >= 0.6 is 0 Å². The van der Waals surface area contributed by atoms with Crippen LogP contribution in [0, 0.1) is 0 Å². The normalized spacial score (nSPS) is 24.5. The lowest BCUT2D eigenvalue weighted by Gasteiger charge is -2.22. The predicted molar refractivity (Wildman–Crippen MR) is 43.5 cm³/mol. The van der Waals surface area contributed by atoms with Gasteiger partial charge in [-0.1, -0.05) is 12.2 Å². The Kier molecular flexibility index (Phi) is 1.71. The van der Waals surface area contributed by atoms with E-state index in [0.29, 0.717) is 6.54 Å². The summed E-state index contributed by atoms with van der Waals surface area (Å²) in [6.45, 7) is 0.338. The molecule has 0 bridgehead atoms. The molecule has 2 rings (SSSR count). The van der Waals surface area contributed by atoms with Gasteiger partial charge < -0.3 is 4.90 Å². The number of hydrogen-bond donors (Lipinski definition) is 0. The number of carbonyl (C=O) groups is 2. The Hall–Kier alpha value is -1.12. The van der Waals surface area contributed by atoms with Gasteiger partial charge in [-0.15, -0.1) is 0 Å². The van der Waals surface area contributed by atoms with Crippen molar-refractivity contribution < 1.29 is 9.59 Å². The van der Waals surface area contributed by atoms with E-state index in [-0.39, 0.29) is 24.2 Å². The lowest BCUT2D eigenvalue weighted by atomic mass is 10.2. The summed E-state index contributed by atoms with van der Waals surface area (Å²) in [4.78, 5) is 23.9. The van der Waals surface area contributed by atoms with Gasteiger partial charge in [0.25, 0.3) is 0 Å². The van der Waals surface area contributed by atoms with Crippen molar-refractivity contribution in [2.24, 2.45) is 0 Å². The number of hydrogen-bond acceptors (Lipinski definition) is 2. The van der Waals surface area contributed by atoms with Gasteiger partial charge in [0.1, 0.15) is 0 Å². The summed E-state index contributed by atoms with van der Waals surface area (Å²) >= 11 is 0. The van der Waals surface area contributed by atoms with Crippen molar-refractivity contribution >= 4 is 11.7 Å². The molecule has 0 aromatic rings.